The van der Waals surface area contributed by atoms with Crippen molar-refractivity contribution in [2.75, 3.05) is 0 Å². The van der Waals surface area contributed by atoms with E-state index in [1.165, 1.54) is 6.07 Å². The molecule has 3 N–H and O–H groups in total. The summed E-state index contributed by atoms with van der Waals surface area (Å²) in [7, 11) is 0. The van der Waals surface area contributed by atoms with Crippen molar-refractivity contribution in [3.8, 4) is 0 Å². The molecular weight excluding hydrogens is 253 g/mol. The third kappa shape index (κ3) is 2.70. The van der Waals surface area contributed by atoms with Gasteiger partial charge in [-0.2, -0.15) is 0 Å². The summed E-state index contributed by atoms with van der Waals surface area (Å²) in [5, 5.41) is 0. The van der Waals surface area contributed by atoms with E-state index in [0.29, 0.717) is 6.54 Å². The van der Waals surface area contributed by atoms with Gasteiger partial charge in [0, 0.05) is 13.0 Å². The first-order valence-corrected chi connectivity index (χ1v) is 6.66. The van der Waals surface area contributed by atoms with Gasteiger partial charge in [0.25, 0.3) is 0 Å². The zero-order valence-electron chi connectivity index (χ0n) is 11.1. The van der Waals surface area contributed by atoms with E-state index in [9.17, 15) is 4.39 Å². The first-order chi connectivity index (χ1) is 9.74. The molecule has 0 spiro atoms. The number of nitrogens with zero attached hydrogens (tertiary/aromatic N) is 1. The smallest absolute Gasteiger partial charge is 0.123 e. The number of hydrogen-bond donors (Lipinski definition) is 2. The van der Waals surface area contributed by atoms with Crippen molar-refractivity contribution in [3.63, 3.8) is 0 Å². The van der Waals surface area contributed by atoms with Crippen LogP contribution in [0.2, 0.25) is 0 Å². The lowest BCUT2D eigenvalue weighted by Crippen LogP contribution is -1.95. The van der Waals surface area contributed by atoms with Gasteiger partial charge in [0.1, 0.15) is 11.6 Å². The van der Waals surface area contributed by atoms with Crippen molar-refractivity contribution in [1.82, 2.24) is 9.97 Å². The molecule has 0 aliphatic heterocycles. The minimum Gasteiger partial charge on any atom is -0.342 e. The number of H-pyrrole nitrogens is 1. The van der Waals surface area contributed by atoms with Gasteiger partial charge in [0.2, 0.25) is 0 Å². The van der Waals surface area contributed by atoms with Crippen LogP contribution in [-0.4, -0.2) is 9.97 Å². The molecule has 0 atom stereocenters. The second kappa shape index (κ2) is 5.43. The molecular formula is C16H16FN3. The maximum Gasteiger partial charge on any atom is 0.123 e. The van der Waals surface area contributed by atoms with Gasteiger partial charge < -0.3 is 10.7 Å². The highest BCUT2D eigenvalue weighted by atomic mass is 19.1. The van der Waals surface area contributed by atoms with Crippen LogP contribution in [-0.2, 0) is 19.4 Å². The van der Waals surface area contributed by atoms with Gasteiger partial charge >= 0.3 is 0 Å². The summed E-state index contributed by atoms with van der Waals surface area (Å²) in [5.74, 6) is 0.720. The maximum absolute atomic E-state index is 13.1. The molecule has 0 unspecified atom stereocenters. The van der Waals surface area contributed by atoms with Crippen LogP contribution in [0.3, 0.4) is 0 Å². The Morgan fingerprint density at radius 1 is 1.05 bits per heavy atom. The van der Waals surface area contributed by atoms with Crippen molar-refractivity contribution < 1.29 is 4.39 Å². The molecule has 1 heterocycles. The normalized spacial score (nSPS) is 11.1. The van der Waals surface area contributed by atoms with E-state index in [2.05, 4.69) is 9.97 Å². The molecule has 0 fully saturated rings. The van der Waals surface area contributed by atoms with Crippen LogP contribution >= 0.6 is 0 Å². The van der Waals surface area contributed by atoms with Crippen LogP contribution in [0, 0.1) is 5.82 Å². The van der Waals surface area contributed by atoms with Crippen molar-refractivity contribution in [2.24, 2.45) is 5.73 Å². The molecule has 0 saturated heterocycles. The van der Waals surface area contributed by atoms with E-state index in [4.69, 9.17) is 5.73 Å². The predicted octanol–water partition coefficient (Wildman–Crippen LogP) is 2.95. The summed E-state index contributed by atoms with van der Waals surface area (Å²) in [6, 6.07) is 12.7. The number of nitrogens with one attached hydrogen (secondary N) is 1. The number of rotatable bonds is 4. The molecule has 3 rings (SSSR count). The van der Waals surface area contributed by atoms with E-state index in [1.54, 1.807) is 12.1 Å². The van der Waals surface area contributed by atoms with Crippen LogP contribution in [0.25, 0.3) is 11.0 Å². The van der Waals surface area contributed by atoms with Crippen LogP contribution < -0.4 is 5.73 Å². The summed E-state index contributed by atoms with van der Waals surface area (Å²) in [5.41, 5.74) is 9.63. The lowest BCUT2D eigenvalue weighted by molar-refractivity contribution is 0.625. The van der Waals surface area contributed by atoms with Crippen molar-refractivity contribution in [3.05, 3.63) is 65.2 Å². The molecule has 0 bridgehead atoms. The number of imidazole rings is 1. The minimum atomic E-state index is -0.195. The first kappa shape index (κ1) is 12.8. The van der Waals surface area contributed by atoms with E-state index >= 15 is 0 Å². The molecule has 0 aliphatic rings. The third-order valence-corrected chi connectivity index (χ3v) is 3.37. The fourth-order valence-electron chi connectivity index (χ4n) is 2.31. The number of hydrogen-bond acceptors (Lipinski definition) is 2. The number of fused-ring (bicyclic) bond motifs is 1. The zero-order valence-corrected chi connectivity index (χ0v) is 11.1. The number of nitrogens with two attached hydrogens (primary N) is 1. The number of halogens is 1. The molecule has 0 radical (unpaired) electrons. The van der Waals surface area contributed by atoms with E-state index in [0.717, 1.165) is 40.8 Å². The number of aromatic nitrogens is 2. The molecule has 1 aromatic heterocycles. The highest BCUT2D eigenvalue weighted by molar-refractivity contribution is 5.75. The fourth-order valence-corrected chi connectivity index (χ4v) is 2.31. The number of benzene rings is 2. The topological polar surface area (TPSA) is 54.7 Å². The zero-order chi connectivity index (χ0) is 13.9. The molecule has 0 amide bonds. The quantitative estimate of drug-likeness (QED) is 0.765. The Kier molecular flexibility index (Phi) is 3.48. The van der Waals surface area contributed by atoms with Gasteiger partial charge in [0.15, 0.2) is 0 Å². The summed E-state index contributed by atoms with van der Waals surface area (Å²) in [6.45, 7) is 0.521. The second-order valence-electron chi connectivity index (χ2n) is 4.87. The minimum absolute atomic E-state index is 0.195. The highest BCUT2D eigenvalue weighted by Crippen LogP contribution is 2.15. The molecule has 0 saturated carbocycles. The Bertz CT molecular complexity index is 733. The predicted molar refractivity (Wildman–Crippen MR) is 77.8 cm³/mol. The van der Waals surface area contributed by atoms with Crippen LogP contribution in [0.5, 0.6) is 0 Å². The van der Waals surface area contributed by atoms with Gasteiger partial charge in [-0.3, -0.25) is 0 Å². The monoisotopic (exact) mass is 269 g/mol. The van der Waals surface area contributed by atoms with Gasteiger partial charge in [-0.1, -0.05) is 18.2 Å². The summed E-state index contributed by atoms with van der Waals surface area (Å²) in [6.07, 6.45) is 1.53. The Morgan fingerprint density at radius 2 is 1.95 bits per heavy atom. The third-order valence-electron chi connectivity index (χ3n) is 3.37. The molecule has 20 heavy (non-hydrogen) atoms. The van der Waals surface area contributed by atoms with Crippen molar-refractivity contribution in [1.29, 1.82) is 0 Å². The van der Waals surface area contributed by atoms with Crippen LogP contribution in [0.15, 0.2) is 42.5 Å². The van der Waals surface area contributed by atoms with Crippen LogP contribution in [0.4, 0.5) is 4.39 Å². The average molecular weight is 269 g/mol. The Morgan fingerprint density at radius 3 is 2.75 bits per heavy atom. The number of aromatic amines is 1. The lowest BCUT2D eigenvalue weighted by atomic mass is 10.1. The van der Waals surface area contributed by atoms with E-state index in [1.807, 2.05) is 24.3 Å². The highest BCUT2D eigenvalue weighted by Gasteiger charge is 2.04. The van der Waals surface area contributed by atoms with Gasteiger partial charge in [0.05, 0.1) is 11.0 Å². The average Bonchev–Trinajstić information content (AvgIpc) is 2.87. The second-order valence-corrected chi connectivity index (χ2v) is 4.87. The van der Waals surface area contributed by atoms with Crippen molar-refractivity contribution >= 4 is 11.0 Å². The Labute approximate surface area is 116 Å². The summed E-state index contributed by atoms with van der Waals surface area (Å²) < 4.78 is 13.1. The summed E-state index contributed by atoms with van der Waals surface area (Å²) in [4.78, 5) is 7.83. The van der Waals surface area contributed by atoms with Crippen LogP contribution in [0.1, 0.15) is 17.0 Å². The Hall–Kier alpha value is -2.20. The molecule has 3 aromatic rings. The first-order valence-electron chi connectivity index (χ1n) is 6.66. The molecule has 0 aliphatic carbocycles. The van der Waals surface area contributed by atoms with E-state index in [-0.39, 0.29) is 5.82 Å². The van der Waals surface area contributed by atoms with Gasteiger partial charge in [-0.05, 0) is 41.8 Å². The standard InChI is InChI=1S/C16H16FN3/c17-13-3-1-2-11(8-13)5-7-16-19-14-6-4-12(10-18)9-15(14)20-16/h1-4,6,8-9H,5,7,10,18H2,(H,19,20). The van der Waals surface area contributed by atoms with E-state index < -0.39 is 0 Å². The van der Waals surface area contributed by atoms with Crippen molar-refractivity contribution in [2.45, 2.75) is 19.4 Å². The Balaban J connectivity index is 1.77. The fraction of sp³-hybridized carbons (Fsp3) is 0.188. The largest absolute Gasteiger partial charge is 0.342 e. The maximum atomic E-state index is 13.1. The SMILES string of the molecule is NCc1ccc2nc(CCc3cccc(F)c3)[nH]c2c1. The number of aryl methyl sites for hydroxylation is 2. The molecule has 102 valence electrons. The molecule has 4 heteroatoms. The summed E-state index contributed by atoms with van der Waals surface area (Å²) >= 11 is 0. The molecule has 2 aromatic carbocycles. The lowest BCUT2D eigenvalue weighted by Gasteiger charge is -1.99. The molecule has 3 nitrogen and oxygen atoms in total. The van der Waals surface area contributed by atoms with Gasteiger partial charge in [-0.15, -0.1) is 0 Å². The van der Waals surface area contributed by atoms with Gasteiger partial charge in [-0.25, -0.2) is 9.37 Å².